The minimum Gasteiger partial charge on any atom is -0.388 e. The van der Waals surface area contributed by atoms with E-state index in [2.05, 4.69) is 11.1 Å². The van der Waals surface area contributed by atoms with Gasteiger partial charge >= 0.3 is 0 Å². The van der Waals surface area contributed by atoms with Crippen molar-refractivity contribution in [2.75, 3.05) is 0 Å². The second kappa shape index (κ2) is 5.55. The molecule has 3 heteroatoms. The zero-order chi connectivity index (χ0) is 14.1. The summed E-state index contributed by atoms with van der Waals surface area (Å²) in [5.74, 6) is 0.0668. The molecule has 1 aliphatic carbocycles. The molecule has 0 amide bonds. The van der Waals surface area contributed by atoms with E-state index in [0.29, 0.717) is 5.02 Å². The van der Waals surface area contributed by atoms with Crippen LogP contribution >= 0.6 is 11.6 Å². The van der Waals surface area contributed by atoms with Gasteiger partial charge in [0.25, 0.3) is 0 Å². The van der Waals surface area contributed by atoms with Gasteiger partial charge in [-0.1, -0.05) is 29.8 Å². The van der Waals surface area contributed by atoms with Gasteiger partial charge in [0.1, 0.15) is 0 Å². The Morgan fingerprint density at radius 1 is 1.30 bits per heavy atom. The molecule has 2 atom stereocenters. The summed E-state index contributed by atoms with van der Waals surface area (Å²) in [6, 6.07) is 9.81. The molecule has 2 aromatic rings. The largest absolute Gasteiger partial charge is 0.388 e. The Hall–Kier alpha value is -1.38. The number of hydrogen-bond acceptors (Lipinski definition) is 2. The zero-order valence-corrected chi connectivity index (χ0v) is 12.3. The normalized spacial score (nSPS) is 19.4. The van der Waals surface area contributed by atoms with Gasteiger partial charge in [0, 0.05) is 22.8 Å². The highest BCUT2D eigenvalue weighted by Crippen LogP contribution is 2.40. The van der Waals surface area contributed by atoms with E-state index in [1.807, 2.05) is 37.4 Å². The van der Waals surface area contributed by atoms with E-state index in [1.165, 1.54) is 5.56 Å². The van der Waals surface area contributed by atoms with Gasteiger partial charge in [-0.2, -0.15) is 0 Å². The predicted molar refractivity (Wildman–Crippen MR) is 81.1 cm³/mol. The molecule has 1 N–H and O–H groups in total. The van der Waals surface area contributed by atoms with E-state index >= 15 is 0 Å². The molecule has 2 unspecified atom stereocenters. The number of aromatic nitrogens is 1. The molecule has 0 spiro atoms. The van der Waals surface area contributed by atoms with Crippen molar-refractivity contribution in [3.63, 3.8) is 0 Å². The Labute approximate surface area is 124 Å². The molecular weight excluding hydrogens is 270 g/mol. The summed E-state index contributed by atoms with van der Waals surface area (Å²) in [5, 5.41) is 11.5. The molecule has 1 aliphatic rings. The smallest absolute Gasteiger partial charge is 0.0876 e. The average Bonchev–Trinajstić information content (AvgIpc) is 2.49. The van der Waals surface area contributed by atoms with E-state index in [9.17, 15) is 5.11 Å². The number of aryl methyl sites for hydroxylation is 1. The van der Waals surface area contributed by atoms with Crippen LogP contribution in [0.5, 0.6) is 0 Å². The van der Waals surface area contributed by atoms with E-state index in [-0.39, 0.29) is 5.92 Å². The van der Waals surface area contributed by atoms with Crippen molar-refractivity contribution < 1.29 is 5.11 Å². The van der Waals surface area contributed by atoms with Gasteiger partial charge in [-0.05, 0) is 55.0 Å². The van der Waals surface area contributed by atoms with Crippen LogP contribution < -0.4 is 0 Å². The molecule has 3 rings (SSSR count). The number of fused-ring (bicyclic) bond motifs is 1. The molecule has 104 valence electrons. The molecule has 1 aromatic carbocycles. The van der Waals surface area contributed by atoms with Gasteiger partial charge in [0.2, 0.25) is 0 Å². The lowest BCUT2D eigenvalue weighted by atomic mass is 9.80. The summed E-state index contributed by atoms with van der Waals surface area (Å²) < 4.78 is 0. The van der Waals surface area contributed by atoms with Gasteiger partial charge in [0.05, 0.1) is 6.10 Å². The Morgan fingerprint density at radius 2 is 2.15 bits per heavy atom. The van der Waals surface area contributed by atoms with Gasteiger partial charge in [-0.25, -0.2) is 0 Å². The molecule has 0 radical (unpaired) electrons. The standard InChI is InChI=1S/C17H18ClNO/c1-11-13(7-3-9-15(11)18)17(20)14-8-2-5-12-6-4-10-19-16(12)14/h3-4,6-7,9-10,14,17,20H,2,5,8H2,1H3. The molecule has 2 nitrogen and oxygen atoms in total. The van der Waals surface area contributed by atoms with E-state index in [0.717, 1.165) is 36.1 Å². The van der Waals surface area contributed by atoms with Crippen LogP contribution in [0.4, 0.5) is 0 Å². The first kappa shape index (κ1) is 13.6. The highest BCUT2D eigenvalue weighted by atomic mass is 35.5. The Bertz CT molecular complexity index is 626. The maximum absolute atomic E-state index is 10.8. The lowest BCUT2D eigenvalue weighted by molar-refractivity contribution is 0.133. The van der Waals surface area contributed by atoms with Crippen molar-refractivity contribution in [1.29, 1.82) is 0 Å². The van der Waals surface area contributed by atoms with E-state index in [4.69, 9.17) is 11.6 Å². The van der Waals surface area contributed by atoms with Gasteiger partial charge in [0.15, 0.2) is 0 Å². The fraction of sp³-hybridized carbons (Fsp3) is 0.353. The third-order valence-electron chi connectivity index (χ3n) is 4.25. The van der Waals surface area contributed by atoms with Crippen molar-refractivity contribution in [2.24, 2.45) is 0 Å². The van der Waals surface area contributed by atoms with Crippen LogP contribution in [0.2, 0.25) is 5.02 Å². The zero-order valence-electron chi connectivity index (χ0n) is 11.5. The van der Waals surface area contributed by atoms with Gasteiger partial charge in [-0.15, -0.1) is 0 Å². The molecular formula is C17H18ClNO. The highest BCUT2D eigenvalue weighted by molar-refractivity contribution is 6.31. The fourth-order valence-corrected chi connectivity index (χ4v) is 3.30. The molecule has 1 heterocycles. The van der Waals surface area contributed by atoms with E-state index < -0.39 is 6.10 Å². The third-order valence-corrected chi connectivity index (χ3v) is 4.66. The third kappa shape index (κ3) is 2.34. The molecule has 0 saturated carbocycles. The van der Waals surface area contributed by atoms with E-state index in [1.54, 1.807) is 0 Å². The molecule has 0 saturated heterocycles. The van der Waals surface area contributed by atoms with Crippen LogP contribution in [-0.2, 0) is 6.42 Å². The average molecular weight is 288 g/mol. The molecule has 1 aromatic heterocycles. The van der Waals surface area contributed by atoms with Crippen LogP contribution in [0.25, 0.3) is 0 Å². The first-order valence-corrected chi connectivity index (χ1v) is 7.43. The van der Waals surface area contributed by atoms with Crippen LogP contribution in [0.1, 0.15) is 47.2 Å². The number of nitrogens with zero attached hydrogens (tertiary/aromatic N) is 1. The number of pyridine rings is 1. The first-order chi connectivity index (χ1) is 9.68. The van der Waals surface area contributed by atoms with Crippen LogP contribution in [0.15, 0.2) is 36.5 Å². The fourth-order valence-electron chi connectivity index (χ4n) is 3.11. The summed E-state index contributed by atoms with van der Waals surface area (Å²) in [4.78, 5) is 4.51. The number of halogens is 1. The molecule has 0 aliphatic heterocycles. The number of aliphatic hydroxyl groups excluding tert-OH is 1. The van der Waals surface area contributed by atoms with Crippen molar-refractivity contribution in [2.45, 2.75) is 38.2 Å². The summed E-state index contributed by atoms with van der Waals surface area (Å²) >= 11 is 6.17. The maximum atomic E-state index is 10.8. The number of rotatable bonds is 2. The van der Waals surface area contributed by atoms with Gasteiger partial charge < -0.3 is 5.11 Å². The number of hydrogen-bond donors (Lipinski definition) is 1. The predicted octanol–water partition coefficient (Wildman–Crippen LogP) is 4.20. The number of aliphatic hydroxyl groups is 1. The summed E-state index contributed by atoms with van der Waals surface area (Å²) in [7, 11) is 0. The molecule has 20 heavy (non-hydrogen) atoms. The van der Waals surface area contributed by atoms with Crippen LogP contribution in [0.3, 0.4) is 0 Å². The topological polar surface area (TPSA) is 33.1 Å². The van der Waals surface area contributed by atoms with Crippen LogP contribution in [0, 0.1) is 6.92 Å². The highest BCUT2D eigenvalue weighted by Gasteiger charge is 2.29. The monoisotopic (exact) mass is 287 g/mol. The van der Waals surface area contributed by atoms with Gasteiger partial charge in [-0.3, -0.25) is 4.98 Å². The quantitative estimate of drug-likeness (QED) is 0.898. The first-order valence-electron chi connectivity index (χ1n) is 7.05. The molecule has 0 bridgehead atoms. The van der Waals surface area contributed by atoms with Crippen molar-refractivity contribution in [1.82, 2.24) is 4.98 Å². The lowest BCUT2D eigenvalue weighted by Crippen LogP contribution is -2.19. The number of benzene rings is 1. The van der Waals surface area contributed by atoms with Crippen LogP contribution in [-0.4, -0.2) is 10.1 Å². The summed E-state index contributed by atoms with van der Waals surface area (Å²) in [6.07, 6.45) is 4.40. The lowest BCUT2D eigenvalue weighted by Gasteiger charge is -2.29. The maximum Gasteiger partial charge on any atom is 0.0876 e. The second-order valence-corrected chi connectivity index (χ2v) is 5.85. The van der Waals surface area contributed by atoms with Crippen molar-refractivity contribution >= 4 is 11.6 Å². The summed E-state index contributed by atoms with van der Waals surface area (Å²) in [5.41, 5.74) is 4.19. The SMILES string of the molecule is Cc1c(Cl)cccc1C(O)C1CCCc2cccnc21. The second-order valence-electron chi connectivity index (χ2n) is 5.45. The summed E-state index contributed by atoms with van der Waals surface area (Å²) in [6.45, 7) is 1.96. The van der Waals surface area contributed by atoms with Crippen molar-refractivity contribution in [3.05, 3.63) is 63.9 Å². The minimum atomic E-state index is -0.539. The Balaban J connectivity index is 2.00. The Morgan fingerprint density at radius 3 is 3.00 bits per heavy atom. The molecule has 0 fully saturated rings. The van der Waals surface area contributed by atoms with Crippen molar-refractivity contribution in [3.8, 4) is 0 Å². The minimum absolute atomic E-state index is 0.0668. The Kier molecular flexibility index (Phi) is 3.77.